The zero-order valence-electron chi connectivity index (χ0n) is 13.8. The van der Waals surface area contributed by atoms with Crippen molar-refractivity contribution in [3.63, 3.8) is 0 Å². The zero-order valence-corrected chi connectivity index (χ0v) is 13.8. The lowest BCUT2D eigenvalue weighted by Gasteiger charge is -2.36. The Morgan fingerprint density at radius 2 is 1.86 bits per heavy atom. The van der Waals surface area contributed by atoms with Crippen molar-refractivity contribution < 1.29 is 19.1 Å². The summed E-state index contributed by atoms with van der Waals surface area (Å²) in [7, 11) is 0. The third-order valence-electron chi connectivity index (χ3n) is 2.87. The number of esters is 1. The van der Waals surface area contributed by atoms with Crippen molar-refractivity contribution in [2.24, 2.45) is 5.92 Å². The van der Waals surface area contributed by atoms with Gasteiger partial charge in [-0.1, -0.05) is 13.8 Å². The van der Waals surface area contributed by atoms with Crippen LogP contribution in [0.3, 0.4) is 0 Å². The summed E-state index contributed by atoms with van der Waals surface area (Å²) in [5, 5.41) is 1.71. The Hall–Kier alpha value is -1.56. The standard InChI is InChI=1S/C15H26N2O4/c1-7-20-13(18)12(10(2)3)11-8-17(9-11)16-14(19)21-15(4,5)6/h10H,7-9H2,1-6H3,(H,16,19). The molecule has 0 spiro atoms. The highest BCUT2D eigenvalue weighted by molar-refractivity contribution is 5.90. The fourth-order valence-electron chi connectivity index (χ4n) is 2.09. The molecule has 0 atom stereocenters. The average Bonchev–Trinajstić information content (AvgIpc) is 2.23. The number of hydrogen-bond donors (Lipinski definition) is 1. The molecule has 120 valence electrons. The van der Waals surface area contributed by atoms with Crippen LogP contribution < -0.4 is 5.43 Å². The molecule has 0 bridgehead atoms. The highest BCUT2D eigenvalue weighted by Crippen LogP contribution is 2.23. The van der Waals surface area contributed by atoms with E-state index in [0.717, 1.165) is 5.57 Å². The van der Waals surface area contributed by atoms with E-state index in [-0.39, 0.29) is 11.9 Å². The molecule has 1 aliphatic rings. The first-order chi connectivity index (χ1) is 9.64. The number of amides is 1. The topological polar surface area (TPSA) is 67.9 Å². The van der Waals surface area contributed by atoms with E-state index >= 15 is 0 Å². The molecule has 0 radical (unpaired) electrons. The number of hydrazine groups is 1. The van der Waals surface area contributed by atoms with E-state index in [4.69, 9.17) is 9.47 Å². The summed E-state index contributed by atoms with van der Waals surface area (Å²) in [6.07, 6.45) is -0.483. The normalized spacial score (nSPS) is 15.5. The van der Waals surface area contributed by atoms with E-state index in [1.54, 1.807) is 11.9 Å². The number of carbonyl (C=O) groups is 2. The molecular formula is C15H26N2O4. The molecule has 1 aliphatic heterocycles. The van der Waals surface area contributed by atoms with Gasteiger partial charge in [0.2, 0.25) is 0 Å². The Kier molecular flexibility index (Phi) is 5.78. The summed E-state index contributed by atoms with van der Waals surface area (Å²) in [4.78, 5) is 23.6. The van der Waals surface area contributed by atoms with Gasteiger partial charge in [0.15, 0.2) is 0 Å². The first-order valence-electron chi connectivity index (χ1n) is 7.27. The van der Waals surface area contributed by atoms with E-state index in [9.17, 15) is 9.59 Å². The molecule has 0 unspecified atom stereocenters. The average molecular weight is 298 g/mol. The van der Waals surface area contributed by atoms with Gasteiger partial charge in [0.25, 0.3) is 0 Å². The van der Waals surface area contributed by atoms with Gasteiger partial charge in [0, 0.05) is 18.7 Å². The molecule has 1 amide bonds. The third kappa shape index (κ3) is 5.38. The number of ether oxygens (including phenoxy) is 2. The largest absolute Gasteiger partial charge is 0.463 e. The minimum absolute atomic E-state index is 0.0997. The summed E-state index contributed by atoms with van der Waals surface area (Å²) < 4.78 is 10.3. The van der Waals surface area contributed by atoms with Crippen LogP contribution in [0, 0.1) is 5.92 Å². The van der Waals surface area contributed by atoms with Crippen LogP contribution in [-0.4, -0.2) is 42.4 Å². The van der Waals surface area contributed by atoms with Crippen LogP contribution >= 0.6 is 0 Å². The number of rotatable bonds is 4. The van der Waals surface area contributed by atoms with Crippen LogP contribution in [-0.2, 0) is 14.3 Å². The number of nitrogens with zero attached hydrogens (tertiary/aromatic N) is 1. The number of carbonyl (C=O) groups excluding carboxylic acids is 2. The molecule has 21 heavy (non-hydrogen) atoms. The Labute approximate surface area is 126 Å². The van der Waals surface area contributed by atoms with Gasteiger partial charge in [-0.2, -0.15) is 0 Å². The van der Waals surface area contributed by atoms with Crippen LogP contribution in [0.1, 0.15) is 41.5 Å². The van der Waals surface area contributed by atoms with Crippen molar-refractivity contribution in [2.45, 2.75) is 47.1 Å². The molecule has 0 aromatic heterocycles. The summed E-state index contributed by atoms with van der Waals surface area (Å²) in [5.41, 5.74) is 3.83. The molecule has 0 saturated carbocycles. The first kappa shape index (κ1) is 17.5. The SMILES string of the molecule is CCOC(=O)C(=C1CN(NC(=O)OC(C)(C)C)C1)C(C)C. The Bertz CT molecular complexity index is 427. The van der Waals surface area contributed by atoms with Gasteiger partial charge in [-0.05, 0) is 39.2 Å². The molecule has 0 aliphatic carbocycles. The van der Waals surface area contributed by atoms with Crippen LogP contribution in [0.25, 0.3) is 0 Å². The van der Waals surface area contributed by atoms with Crippen LogP contribution in [0.15, 0.2) is 11.1 Å². The van der Waals surface area contributed by atoms with Crippen molar-refractivity contribution in [3.8, 4) is 0 Å². The van der Waals surface area contributed by atoms with Crippen LogP contribution in [0.2, 0.25) is 0 Å². The molecule has 1 heterocycles. The van der Waals surface area contributed by atoms with E-state index in [2.05, 4.69) is 5.43 Å². The van der Waals surface area contributed by atoms with Crippen molar-refractivity contribution in [1.82, 2.24) is 10.4 Å². The monoisotopic (exact) mass is 298 g/mol. The Morgan fingerprint density at radius 3 is 2.29 bits per heavy atom. The lowest BCUT2D eigenvalue weighted by atomic mass is 9.93. The van der Waals surface area contributed by atoms with Crippen LogP contribution in [0.5, 0.6) is 0 Å². The second-order valence-electron chi connectivity index (χ2n) is 6.36. The van der Waals surface area contributed by atoms with Gasteiger partial charge in [-0.15, -0.1) is 0 Å². The molecule has 6 nitrogen and oxygen atoms in total. The van der Waals surface area contributed by atoms with E-state index in [1.165, 1.54) is 0 Å². The fourth-order valence-corrected chi connectivity index (χ4v) is 2.09. The van der Waals surface area contributed by atoms with Gasteiger partial charge >= 0.3 is 12.1 Å². The molecule has 6 heteroatoms. The third-order valence-corrected chi connectivity index (χ3v) is 2.87. The summed E-state index contributed by atoms with van der Waals surface area (Å²) >= 11 is 0. The second kappa shape index (κ2) is 6.93. The van der Waals surface area contributed by atoms with Crippen molar-refractivity contribution >= 4 is 12.1 Å². The Balaban J connectivity index is 2.58. The highest BCUT2D eigenvalue weighted by atomic mass is 16.6. The lowest BCUT2D eigenvalue weighted by molar-refractivity contribution is -0.139. The van der Waals surface area contributed by atoms with Crippen molar-refractivity contribution in [1.29, 1.82) is 0 Å². The predicted molar refractivity (Wildman–Crippen MR) is 79.4 cm³/mol. The van der Waals surface area contributed by atoms with E-state index in [1.807, 2.05) is 34.6 Å². The van der Waals surface area contributed by atoms with Gasteiger partial charge in [-0.25, -0.2) is 14.6 Å². The molecule has 1 N–H and O–H groups in total. The predicted octanol–water partition coefficient (Wildman–Crippen LogP) is 2.26. The summed E-state index contributed by atoms with van der Waals surface area (Å²) in [6, 6.07) is 0. The summed E-state index contributed by atoms with van der Waals surface area (Å²) in [6.45, 7) is 12.5. The molecule has 1 saturated heterocycles. The molecule has 0 aromatic rings. The summed E-state index contributed by atoms with van der Waals surface area (Å²) in [5.74, 6) is -0.165. The van der Waals surface area contributed by atoms with Crippen molar-refractivity contribution in [3.05, 3.63) is 11.1 Å². The molecule has 1 fully saturated rings. The number of nitrogens with one attached hydrogen (secondary N) is 1. The van der Waals surface area contributed by atoms with Gasteiger partial charge < -0.3 is 9.47 Å². The van der Waals surface area contributed by atoms with E-state index < -0.39 is 11.7 Å². The second-order valence-corrected chi connectivity index (χ2v) is 6.36. The number of hydrogen-bond acceptors (Lipinski definition) is 5. The van der Waals surface area contributed by atoms with Crippen LogP contribution in [0.4, 0.5) is 4.79 Å². The maximum atomic E-state index is 11.9. The maximum absolute atomic E-state index is 11.9. The van der Waals surface area contributed by atoms with Gasteiger partial charge in [-0.3, -0.25) is 5.43 Å². The van der Waals surface area contributed by atoms with Crippen molar-refractivity contribution in [2.75, 3.05) is 19.7 Å². The quantitative estimate of drug-likeness (QED) is 0.637. The Morgan fingerprint density at radius 1 is 1.29 bits per heavy atom. The highest BCUT2D eigenvalue weighted by Gasteiger charge is 2.30. The zero-order chi connectivity index (χ0) is 16.2. The maximum Gasteiger partial charge on any atom is 0.422 e. The van der Waals surface area contributed by atoms with Gasteiger partial charge in [0.1, 0.15) is 5.60 Å². The minimum Gasteiger partial charge on any atom is -0.463 e. The van der Waals surface area contributed by atoms with Gasteiger partial charge in [0.05, 0.1) is 6.61 Å². The van der Waals surface area contributed by atoms with E-state index in [0.29, 0.717) is 25.3 Å². The smallest absolute Gasteiger partial charge is 0.422 e. The molecule has 0 aromatic carbocycles. The minimum atomic E-state index is -0.526. The first-order valence-corrected chi connectivity index (χ1v) is 7.27. The molecule has 1 rings (SSSR count). The fraction of sp³-hybridized carbons (Fsp3) is 0.733. The molecular weight excluding hydrogens is 272 g/mol. The lowest BCUT2D eigenvalue weighted by Crippen LogP contribution is -2.53.